The monoisotopic (exact) mass is 253 g/mol. The van der Waals surface area contributed by atoms with E-state index >= 15 is 0 Å². The van der Waals surface area contributed by atoms with Gasteiger partial charge >= 0.3 is 0 Å². The minimum atomic E-state index is 0.638. The SMILES string of the molecule is CC1CCCC(C(CN)N2CCCN(C)CC2)C1. The van der Waals surface area contributed by atoms with Gasteiger partial charge in [-0.25, -0.2) is 0 Å². The summed E-state index contributed by atoms with van der Waals surface area (Å²) < 4.78 is 0. The van der Waals surface area contributed by atoms with Crippen LogP contribution in [0.1, 0.15) is 39.0 Å². The summed E-state index contributed by atoms with van der Waals surface area (Å²) in [4.78, 5) is 5.14. The molecule has 3 heteroatoms. The number of nitrogens with two attached hydrogens (primary N) is 1. The molecular formula is C15H31N3. The van der Waals surface area contributed by atoms with E-state index < -0.39 is 0 Å². The first kappa shape index (κ1) is 14.3. The topological polar surface area (TPSA) is 32.5 Å². The van der Waals surface area contributed by atoms with Gasteiger partial charge in [-0.2, -0.15) is 0 Å². The van der Waals surface area contributed by atoms with Gasteiger partial charge in [0.2, 0.25) is 0 Å². The molecule has 3 unspecified atom stereocenters. The molecule has 0 spiro atoms. The summed E-state index contributed by atoms with van der Waals surface area (Å²) in [5.41, 5.74) is 6.11. The van der Waals surface area contributed by atoms with Crippen LogP contribution in [-0.2, 0) is 0 Å². The summed E-state index contributed by atoms with van der Waals surface area (Å²) in [7, 11) is 2.24. The van der Waals surface area contributed by atoms with Crippen molar-refractivity contribution in [1.29, 1.82) is 0 Å². The molecule has 1 heterocycles. The Morgan fingerprint density at radius 3 is 2.67 bits per heavy atom. The van der Waals surface area contributed by atoms with Crippen molar-refractivity contribution in [3.05, 3.63) is 0 Å². The van der Waals surface area contributed by atoms with Crippen LogP contribution < -0.4 is 5.73 Å². The molecule has 0 bridgehead atoms. The molecule has 0 aromatic carbocycles. The molecule has 1 saturated heterocycles. The Balaban J connectivity index is 1.94. The van der Waals surface area contributed by atoms with Gasteiger partial charge < -0.3 is 10.6 Å². The van der Waals surface area contributed by atoms with Crippen molar-refractivity contribution in [2.45, 2.75) is 45.1 Å². The molecule has 0 radical (unpaired) electrons. The standard InChI is InChI=1S/C15H31N3/c1-13-5-3-6-14(11-13)15(12-16)18-8-4-7-17(2)9-10-18/h13-15H,3-12,16H2,1-2H3. The number of rotatable bonds is 3. The number of hydrogen-bond donors (Lipinski definition) is 1. The third kappa shape index (κ3) is 3.69. The Morgan fingerprint density at radius 1 is 1.11 bits per heavy atom. The summed E-state index contributed by atoms with van der Waals surface area (Å²) in [6.45, 7) is 8.17. The maximum Gasteiger partial charge on any atom is 0.0247 e. The van der Waals surface area contributed by atoms with Crippen LogP contribution in [-0.4, -0.2) is 55.6 Å². The quantitative estimate of drug-likeness (QED) is 0.832. The van der Waals surface area contributed by atoms with E-state index in [1.54, 1.807) is 0 Å². The smallest absolute Gasteiger partial charge is 0.0247 e. The Labute approximate surface area is 113 Å². The van der Waals surface area contributed by atoms with Gasteiger partial charge in [0, 0.05) is 25.7 Å². The lowest BCUT2D eigenvalue weighted by atomic mass is 9.78. The van der Waals surface area contributed by atoms with Crippen LogP contribution in [0.4, 0.5) is 0 Å². The Morgan fingerprint density at radius 2 is 1.94 bits per heavy atom. The van der Waals surface area contributed by atoms with Gasteiger partial charge in [-0.1, -0.05) is 19.8 Å². The van der Waals surface area contributed by atoms with E-state index in [4.69, 9.17) is 5.73 Å². The summed E-state index contributed by atoms with van der Waals surface area (Å²) in [5.74, 6) is 1.76. The second kappa shape index (κ2) is 6.88. The molecule has 3 nitrogen and oxygen atoms in total. The third-order valence-electron chi connectivity index (χ3n) is 4.99. The van der Waals surface area contributed by atoms with Crippen LogP contribution in [0.3, 0.4) is 0 Å². The summed E-state index contributed by atoms with van der Waals surface area (Å²) in [6, 6.07) is 0.638. The first-order valence-electron chi connectivity index (χ1n) is 7.83. The van der Waals surface area contributed by atoms with E-state index in [0.717, 1.165) is 18.4 Å². The predicted octanol–water partition coefficient (Wildman–Crippen LogP) is 1.78. The van der Waals surface area contributed by atoms with Gasteiger partial charge in [-0.15, -0.1) is 0 Å². The fourth-order valence-electron chi connectivity index (χ4n) is 3.87. The molecule has 2 N–H and O–H groups in total. The third-order valence-corrected chi connectivity index (χ3v) is 4.99. The fourth-order valence-corrected chi connectivity index (χ4v) is 3.87. The number of nitrogens with zero attached hydrogens (tertiary/aromatic N) is 2. The average Bonchev–Trinajstić information content (AvgIpc) is 2.56. The zero-order valence-electron chi connectivity index (χ0n) is 12.3. The predicted molar refractivity (Wildman–Crippen MR) is 77.7 cm³/mol. The second-order valence-corrected chi connectivity index (χ2v) is 6.53. The highest BCUT2D eigenvalue weighted by molar-refractivity contribution is 4.85. The molecular weight excluding hydrogens is 222 g/mol. The van der Waals surface area contributed by atoms with Crippen molar-refractivity contribution >= 4 is 0 Å². The van der Waals surface area contributed by atoms with Crippen molar-refractivity contribution in [3.8, 4) is 0 Å². The first-order chi connectivity index (χ1) is 8.70. The highest BCUT2D eigenvalue weighted by Crippen LogP contribution is 2.32. The summed E-state index contributed by atoms with van der Waals surface area (Å²) in [6.07, 6.45) is 6.94. The zero-order chi connectivity index (χ0) is 13.0. The molecule has 1 saturated carbocycles. The summed E-state index contributed by atoms with van der Waals surface area (Å²) >= 11 is 0. The van der Waals surface area contributed by atoms with E-state index in [2.05, 4.69) is 23.8 Å². The Hall–Kier alpha value is -0.120. The van der Waals surface area contributed by atoms with Crippen LogP contribution in [0.2, 0.25) is 0 Å². The number of hydrogen-bond acceptors (Lipinski definition) is 3. The van der Waals surface area contributed by atoms with Gasteiger partial charge in [0.15, 0.2) is 0 Å². The lowest BCUT2D eigenvalue weighted by Crippen LogP contribution is -2.48. The molecule has 106 valence electrons. The highest BCUT2D eigenvalue weighted by atomic mass is 15.2. The van der Waals surface area contributed by atoms with Gasteiger partial charge in [0.25, 0.3) is 0 Å². The van der Waals surface area contributed by atoms with E-state index in [1.807, 2.05) is 0 Å². The van der Waals surface area contributed by atoms with Crippen LogP contribution in [0, 0.1) is 11.8 Å². The molecule has 3 atom stereocenters. The average molecular weight is 253 g/mol. The fraction of sp³-hybridized carbons (Fsp3) is 1.00. The maximum atomic E-state index is 6.11. The molecule has 18 heavy (non-hydrogen) atoms. The second-order valence-electron chi connectivity index (χ2n) is 6.53. The minimum Gasteiger partial charge on any atom is -0.329 e. The van der Waals surface area contributed by atoms with Gasteiger partial charge in [-0.05, 0) is 51.2 Å². The first-order valence-corrected chi connectivity index (χ1v) is 7.83. The number of likely N-dealkylation sites (N-methyl/N-ethyl adjacent to an activating group) is 1. The Bertz CT molecular complexity index is 244. The van der Waals surface area contributed by atoms with E-state index in [0.29, 0.717) is 6.04 Å². The molecule has 2 aliphatic rings. The van der Waals surface area contributed by atoms with Crippen molar-refractivity contribution in [2.24, 2.45) is 17.6 Å². The summed E-state index contributed by atoms with van der Waals surface area (Å²) in [5, 5.41) is 0. The highest BCUT2D eigenvalue weighted by Gasteiger charge is 2.30. The van der Waals surface area contributed by atoms with Crippen LogP contribution in [0.15, 0.2) is 0 Å². The van der Waals surface area contributed by atoms with E-state index in [-0.39, 0.29) is 0 Å². The zero-order valence-corrected chi connectivity index (χ0v) is 12.3. The molecule has 1 aliphatic heterocycles. The molecule has 2 fully saturated rings. The van der Waals surface area contributed by atoms with Crippen LogP contribution in [0.5, 0.6) is 0 Å². The maximum absolute atomic E-state index is 6.11. The Kier molecular flexibility index (Phi) is 5.46. The molecule has 0 amide bonds. The van der Waals surface area contributed by atoms with E-state index in [1.165, 1.54) is 58.3 Å². The van der Waals surface area contributed by atoms with Crippen LogP contribution >= 0.6 is 0 Å². The van der Waals surface area contributed by atoms with Crippen molar-refractivity contribution in [3.63, 3.8) is 0 Å². The lowest BCUT2D eigenvalue weighted by molar-refractivity contribution is 0.111. The molecule has 0 aromatic rings. The van der Waals surface area contributed by atoms with Crippen molar-refractivity contribution in [2.75, 3.05) is 39.8 Å². The normalized spacial score (nSPS) is 34.2. The van der Waals surface area contributed by atoms with Gasteiger partial charge in [-0.3, -0.25) is 4.90 Å². The van der Waals surface area contributed by atoms with Crippen molar-refractivity contribution < 1.29 is 0 Å². The van der Waals surface area contributed by atoms with E-state index in [9.17, 15) is 0 Å². The van der Waals surface area contributed by atoms with Crippen LogP contribution in [0.25, 0.3) is 0 Å². The minimum absolute atomic E-state index is 0.638. The van der Waals surface area contributed by atoms with Gasteiger partial charge in [0.05, 0.1) is 0 Å². The molecule has 0 aromatic heterocycles. The molecule has 1 aliphatic carbocycles. The van der Waals surface area contributed by atoms with Gasteiger partial charge in [0.1, 0.15) is 0 Å². The largest absolute Gasteiger partial charge is 0.329 e. The molecule has 2 rings (SSSR count). The van der Waals surface area contributed by atoms with Crippen molar-refractivity contribution in [1.82, 2.24) is 9.80 Å². The lowest BCUT2D eigenvalue weighted by Gasteiger charge is -2.39.